The molecular formula is C15H15N3O3S2. The topological polar surface area (TPSA) is 83.3 Å². The summed E-state index contributed by atoms with van der Waals surface area (Å²) in [4.78, 5) is 5.03. The van der Waals surface area contributed by atoms with Gasteiger partial charge in [0.2, 0.25) is 5.88 Å². The Hall–Kier alpha value is -1.95. The normalized spacial score (nSPS) is 18.7. The van der Waals surface area contributed by atoms with Crippen LogP contribution in [0.1, 0.15) is 16.9 Å². The number of ether oxygens (including phenoxy) is 1. The molecule has 23 heavy (non-hydrogen) atoms. The third-order valence-electron chi connectivity index (χ3n) is 3.57. The summed E-state index contributed by atoms with van der Waals surface area (Å²) in [6.45, 7) is 2.59. The molecule has 1 aliphatic rings. The second-order valence-electron chi connectivity index (χ2n) is 5.25. The minimum Gasteiger partial charge on any atom is -0.473 e. The number of hydrogen-bond acceptors (Lipinski definition) is 6. The van der Waals surface area contributed by atoms with Crippen molar-refractivity contribution in [3.05, 3.63) is 40.9 Å². The fraction of sp³-hybridized carbons (Fsp3) is 0.333. The van der Waals surface area contributed by atoms with Gasteiger partial charge < -0.3 is 4.74 Å². The van der Waals surface area contributed by atoms with Gasteiger partial charge in [0.25, 0.3) is 10.0 Å². The number of hydrogen-bond donors (Lipinski definition) is 0. The molecule has 2 aromatic rings. The summed E-state index contributed by atoms with van der Waals surface area (Å²) in [6, 6.07) is 8.62. The van der Waals surface area contributed by atoms with Gasteiger partial charge in [-0.2, -0.15) is 9.57 Å². The van der Waals surface area contributed by atoms with Gasteiger partial charge >= 0.3 is 0 Å². The number of nitriles is 1. The van der Waals surface area contributed by atoms with E-state index in [2.05, 4.69) is 4.98 Å². The maximum atomic E-state index is 12.6. The lowest BCUT2D eigenvalue weighted by Crippen LogP contribution is -2.30. The zero-order chi connectivity index (χ0) is 16.4. The largest absolute Gasteiger partial charge is 0.473 e. The van der Waals surface area contributed by atoms with Gasteiger partial charge in [-0.25, -0.2) is 13.4 Å². The Morgan fingerprint density at radius 1 is 1.43 bits per heavy atom. The van der Waals surface area contributed by atoms with Crippen LogP contribution in [0.2, 0.25) is 0 Å². The summed E-state index contributed by atoms with van der Waals surface area (Å²) in [5.41, 5.74) is 0.464. The number of sulfonamides is 1. The zero-order valence-electron chi connectivity index (χ0n) is 12.5. The molecule has 0 amide bonds. The second-order valence-corrected chi connectivity index (χ2v) is 8.70. The Labute approximate surface area is 139 Å². The van der Waals surface area contributed by atoms with Crippen LogP contribution in [0, 0.1) is 18.3 Å². The highest BCUT2D eigenvalue weighted by atomic mass is 32.2. The Morgan fingerprint density at radius 3 is 2.96 bits per heavy atom. The lowest BCUT2D eigenvalue weighted by Gasteiger charge is -2.16. The van der Waals surface area contributed by atoms with Gasteiger partial charge in [-0.05, 0) is 31.5 Å². The average Bonchev–Trinajstić information content (AvgIpc) is 3.17. The molecule has 0 bridgehead atoms. The van der Waals surface area contributed by atoms with E-state index >= 15 is 0 Å². The molecule has 3 heterocycles. The van der Waals surface area contributed by atoms with Crippen LogP contribution in [0.5, 0.6) is 5.88 Å². The molecule has 1 unspecified atom stereocenters. The molecule has 0 spiro atoms. The van der Waals surface area contributed by atoms with Crippen molar-refractivity contribution in [3.63, 3.8) is 0 Å². The molecule has 120 valence electrons. The third-order valence-corrected chi connectivity index (χ3v) is 6.90. The fourth-order valence-corrected chi connectivity index (χ4v) is 5.33. The summed E-state index contributed by atoms with van der Waals surface area (Å²) in [6.07, 6.45) is 1.85. The van der Waals surface area contributed by atoms with Crippen LogP contribution in [0.15, 0.2) is 34.7 Å². The van der Waals surface area contributed by atoms with Crippen molar-refractivity contribution < 1.29 is 13.2 Å². The van der Waals surface area contributed by atoms with E-state index in [4.69, 9.17) is 10.00 Å². The minimum atomic E-state index is -3.46. The molecule has 0 N–H and O–H groups in total. The molecule has 1 fully saturated rings. The number of pyridine rings is 1. The average molecular weight is 349 g/mol. The van der Waals surface area contributed by atoms with E-state index < -0.39 is 10.0 Å². The van der Waals surface area contributed by atoms with Crippen LogP contribution < -0.4 is 4.74 Å². The molecule has 0 aromatic carbocycles. The smallest absolute Gasteiger partial charge is 0.252 e. The standard InChI is InChI=1S/C15H15N3O3S2/c1-11-2-3-15(22-11)23(19,20)18-7-5-13(10-18)21-14-8-12(9-16)4-6-17-14/h2-4,6,8,13H,5,7,10H2,1H3. The van der Waals surface area contributed by atoms with Crippen molar-refractivity contribution in [2.45, 2.75) is 23.7 Å². The van der Waals surface area contributed by atoms with E-state index in [0.29, 0.717) is 28.6 Å². The van der Waals surface area contributed by atoms with E-state index in [1.54, 1.807) is 24.3 Å². The van der Waals surface area contributed by atoms with Gasteiger partial charge in [0.15, 0.2) is 0 Å². The first-order valence-corrected chi connectivity index (χ1v) is 9.34. The molecule has 3 rings (SSSR count). The Kier molecular flexibility index (Phi) is 4.35. The summed E-state index contributed by atoms with van der Waals surface area (Å²) in [7, 11) is -3.46. The molecule has 0 aliphatic carbocycles. The number of thiophene rings is 1. The maximum absolute atomic E-state index is 12.6. The van der Waals surface area contributed by atoms with Crippen LogP contribution in [-0.2, 0) is 10.0 Å². The highest BCUT2D eigenvalue weighted by Gasteiger charge is 2.34. The van der Waals surface area contributed by atoms with Gasteiger partial charge in [0, 0.05) is 23.7 Å². The van der Waals surface area contributed by atoms with E-state index in [-0.39, 0.29) is 12.6 Å². The molecule has 0 saturated carbocycles. The van der Waals surface area contributed by atoms with Crippen molar-refractivity contribution >= 4 is 21.4 Å². The van der Waals surface area contributed by atoms with Gasteiger partial charge in [0.05, 0.1) is 18.2 Å². The predicted molar refractivity (Wildman–Crippen MR) is 85.8 cm³/mol. The highest BCUT2D eigenvalue weighted by Crippen LogP contribution is 2.28. The first-order chi connectivity index (χ1) is 11.0. The Morgan fingerprint density at radius 2 is 2.26 bits per heavy atom. The highest BCUT2D eigenvalue weighted by molar-refractivity contribution is 7.91. The molecule has 8 heteroatoms. The second kappa shape index (κ2) is 6.28. The molecule has 1 atom stereocenters. The van der Waals surface area contributed by atoms with Gasteiger partial charge in [-0.3, -0.25) is 0 Å². The Bertz CT molecular complexity index is 855. The van der Waals surface area contributed by atoms with Crippen molar-refractivity contribution in [2.24, 2.45) is 0 Å². The van der Waals surface area contributed by atoms with Gasteiger partial charge in [-0.1, -0.05) is 0 Å². The van der Waals surface area contributed by atoms with Gasteiger partial charge in [-0.15, -0.1) is 11.3 Å². The van der Waals surface area contributed by atoms with Crippen molar-refractivity contribution in [1.82, 2.24) is 9.29 Å². The number of aromatic nitrogens is 1. The number of aryl methyl sites for hydroxylation is 1. The molecule has 1 saturated heterocycles. The monoisotopic (exact) mass is 349 g/mol. The van der Waals surface area contributed by atoms with Crippen LogP contribution >= 0.6 is 11.3 Å². The Balaban J connectivity index is 1.70. The van der Waals surface area contributed by atoms with Gasteiger partial charge in [0.1, 0.15) is 10.3 Å². The van der Waals surface area contributed by atoms with E-state index in [0.717, 1.165) is 4.88 Å². The number of nitrogens with zero attached hydrogens (tertiary/aromatic N) is 3. The first-order valence-electron chi connectivity index (χ1n) is 7.08. The minimum absolute atomic E-state index is 0.257. The molecule has 1 aliphatic heterocycles. The molecule has 6 nitrogen and oxygen atoms in total. The van der Waals surface area contributed by atoms with E-state index in [9.17, 15) is 8.42 Å². The molecular weight excluding hydrogens is 334 g/mol. The van der Waals surface area contributed by atoms with Crippen LogP contribution in [0.3, 0.4) is 0 Å². The first kappa shape index (κ1) is 15.9. The lowest BCUT2D eigenvalue weighted by atomic mass is 10.3. The van der Waals surface area contributed by atoms with Crippen molar-refractivity contribution in [1.29, 1.82) is 5.26 Å². The maximum Gasteiger partial charge on any atom is 0.252 e. The number of rotatable bonds is 4. The summed E-state index contributed by atoms with van der Waals surface area (Å²) in [5, 5.41) is 8.88. The van der Waals surface area contributed by atoms with Crippen molar-refractivity contribution in [2.75, 3.05) is 13.1 Å². The predicted octanol–water partition coefficient (Wildman–Crippen LogP) is 2.17. The SMILES string of the molecule is Cc1ccc(S(=O)(=O)N2CCC(Oc3cc(C#N)ccn3)C2)s1. The molecule has 2 aromatic heterocycles. The van der Waals surface area contributed by atoms with Crippen molar-refractivity contribution in [3.8, 4) is 11.9 Å². The van der Waals surface area contributed by atoms with E-state index in [1.807, 2.05) is 13.0 Å². The van der Waals surface area contributed by atoms with Crippen LogP contribution in [0.25, 0.3) is 0 Å². The summed E-state index contributed by atoms with van der Waals surface area (Å²) in [5.74, 6) is 0.347. The quantitative estimate of drug-likeness (QED) is 0.845. The van der Waals surface area contributed by atoms with Crippen LogP contribution in [0.4, 0.5) is 0 Å². The third kappa shape index (κ3) is 3.37. The fourth-order valence-electron chi connectivity index (χ4n) is 2.40. The van der Waals surface area contributed by atoms with Crippen LogP contribution in [-0.4, -0.2) is 36.9 Å². The lowest BCUT2D eigenvalue weighted by molar-refractivity contribution is 0.207. The van der Waals surface area contributed by atoms with E-state index in [1.165, 1.54) is 21.8 Å². The summed E-state index contributed by atoms with van der Waals surface area (Å²) >= 11 is 1.27. The summed E-state index contributed by atoms with van der Waals surface area (Å²) < 4.78 is 32.7. The zero-order valence-corrected chi connectivity index (χ0v) is 14.1. The molecule has 0 radical (unpaired) electrons.